The Labute approximate surface area is 154 Å². The molecular formula is C24H23NO. The van der Waals surface area contributed by atoms with E-state index < -0.39 is 0 Å². The standard InChI is InChI=1S/C24H23NO/c1-25(2)18-11-9-15(10-12-18)17-13-21-19-7-3-5-16-6-4-8-20(23(16)19)22(14-17)24(21)26/h3-12,17,21-22H,13-14H2,1-2H3/t17?,21-,22+. The normalized spacial score (nSPS) is 23.9. The minimum atomic E-state index is 0.0471. The monoisotopic (exact) mass is 341 g/mol. The number of ketones is 1. The molecule has 3 aromatic rings. The summed E-state index contributed by atoms with van der Waals surface area (Å²) in [4.78, 5) is 15.2. The lowest BCUT2D eigenvalue weighted by Gasteiger charge is -2.39. The van der Waals surface area contributed by atoms with Crippen molar-refractivity contribution in [2.75, 3.05) is 19.0 Å². The van der Waals surface area contributed by atoms with Crippen LogP contribution in [0.5, 0.6) is 0 Å². The number of benzene rings is 3. The van der Waals surface area contributed by atoms with Crippen LogP contribution in [-0.2, 0) is 4.79 Å². The molecule has 2 bridgehead atoms. The number of hydrogen-bond acceptors (Lipinski definition) is 2. The molecule has 1 fully saturated rings. The van der Waals surface area contributed by atoms with Crippen LogP contribution in [0.3, 0.4) is 0 Å². The van der Waals surface area contributed by atoms with E-state index in [2.05, 4.69) is 79.7 Å². The third kappa shape index (κ3) is 2.21. The Morgan fingerprint density at radius 2 is 1.38 bits per heavy atom. The number of anilines is 1. The average molecular weight is 341 g/mol. The molecule has 5 rings (SSSR count). The van der Waals surface area contributed by atoms with Crippen molar-refractivity contribution in [1.29, 1.82) is 0 Å². The molecule has 0 saturated heterocycles. The van der Waals surface area contributed by atoms with Crippen molar-refractivity contribution in [1.82, 2.24) is 0 Å². The summed E-state index contributed by atoms with van der Waals surface area (Å²) in [5.41, 5.74) is 5.07. The molecule has 0 N–H and O–H groups in total. The summed E-state index contributed by atoms with van der Waals surface area (Å²) in [7, 11) is 4.13. The fourth-order valence-corrected chi connectivity index (χ4v) is 5.00. The first-order valence-corrected chi connectivity index (χ1v) is 9.46. The summed E-state index contributed by atoms with van der Waals surface area (Å²) in [6.45, 7) is 0. The number of Topliss-reactive ketones (excluding diaryl/α,β-unsaturated/α-hetero) is 1. The third-order valence-electron chi connectivity index (χ3n) is 6.33. The molecule has 3 atom stereocenters. The van der Waals surface area contributed by atoms with Gasteiger partial charge in [0.1, 0.15) is 5.78 Å². The van der Waals surface area contributed by atoms with Crippen molar-refractivity contribution in [3.63, 3.8) is 0 Å². The van der Waals surface area contributed by atoms with E-state index in [9.17, 15) is 4.79 Å². The van der Waals surface area contributed by atoms with Crippen molar-refractivity contribution in [3.8, 4) is 0 Å². The third-order valence-corrected chi connectivity index (χ3v) is 6.33. The van der Waals surface area contributed by atoms with E-state index in [1.165, 1.54) is 33.2 Å². The molecule has 3 aromatic carbocycles. The van der Waals surface area contributed by atoms with E-state index in [0.29, 0.717) is 11.7 Å². The molecule has 2 aliphatic rings. The van der Waals surface area contributed by atoms with Gasteiger partial charge in [0.25, 0.3) is 0 Å². The molecule has 0 aliphatic heterocycles. The van der Waals surface area contributed by atoms with Gasteiger partial charge in [-0.3, -0.25) is 4.79 Å². The molecule has 130 valence electrons. The summed E-state index contributed by atoms with van der Waals surface area (Å²) in [5, 5.41) is 2.61. The molecule has 1 saturated carbocycles. The predicted molar refractivity (Wildman–Crippen MR) is 107 cm³/mol. The molecule has 0 aromatic heterocycles. The minimum absolute atomic E-state index is 0.0471. The maximum absolute atomic E-state index is 13.1. The highest BCUT2D eigenvalue weighted by Crippen LogP contribution is 2.52. The second-order valence-corrected chi connectivity index (χ2v) is 7.95. The van der Waals surface area contributed by atoms with E-state index >= 15 is 0 Å². The first kappa shape index (κ1) is 15.6. The Morgan fingerprint density at radius 3 is 1.92 bits per heavy atom. The van der Waals surface area contributed by atoms with Crippen LogP contribution in [0.1, 0.15) is 47.3 Å². The summed E-state index contributed by atoms with van der Waals surface area (Å²) < 4.78 is 0. The number of carbonyl (C=O) groups excluding carboxylic acids is 1. The smallest absolute Gasteiger partial charge is 0.147 e. The fraction of sp³-hybridized carbons (Fsp3) is 0.292. The SMILES string of the molecule is CN(C)c1ccc(C2C[C@@H]3C(=O)[C@H](C2)c2cccc4cccc3c24)cc1. The van der Waals surface area contributed by atoms with Crippen molar-refractivity contribution < 1.29 is 4.79 Å². The summed E-state index contributed by atoms with van der Waals surface area (Å²) >= 11 is 0. The zero-order chi connectivity index (χ0) is 17.8. The molecule has 1 unspecified atom stereocenters. The van der Waals surface area contributed by atoms with Crippen LogP contribution in [0.4, 0.5) is 5.69 Å². The van der Waals surface area contributed by atoms with Gasteiger partial charge >= 0.3 is 0 Å². The van der Waals surface area contributed by atoms with Crippen molar-refractivity contribution in [2.45, 2.75) is 30.6 Å². The van der Waals surface area contributed by atoms with E-state index in [1.54, 1.807) is 0 Å². The van der Waals surface area contributed by atoms with E-state index in [1.807, 2.05) is 0 Å². The van der Waals surface area contributed by atoms with Crippen molar-refractivity contribution in [3.05, 3.63) is 77.4 Å². The zero-order valence-electron chi connectivity index (χ0n) is 15.3. The zero-order valence-corrected chi connectivity index (χ0v) is 15.3. The Balaban J connectivity index is 1.58. The summed E-state index contributed by atoms with van der Waals surface area (Å²) in [6.07, 6.45) is 1.87. The number of nitrogens with zero attached hydrogens (tertiary/aromatic N) is 1. The van der Waals surface area contributed by atoms with Gasteiger partial charge < -0.3 is 4.90 Å². The fourth-order valence-electron chi connectivity index (χ4n) is 5.00. The van der Waals surface area contributed by atoms with Gasteiger partial charge in [0.2, 0.25) is 0 Å². The van der Waals surface area contributed by atoms with Gasteiger partial charge in [0.05, 0.1) is 0 Å². The number of carbonyl (C=O) groups is 1. The second-order valence-electron chi connectivity index (χ2n) is 7.95. The lowest BCUT2D eigenvalue weighted by Crippen LogP contribution is -2.33. The van der Waals surface area contributed by atoms with E-state index in [0.717, 1.165) is 12.8 Å². The van der Waals surface area contributed by atoms with Crippen molar-refractivity contribution in [2.24, 2.45) is 0 Å². The molecule has 0 amide bonds. The van der Waals surface area contributed by atoms with Crippen molar-refractivity contribution >= 4 is 22.2 Å². The number of hydrogen-bond donors (Lipinski definition) is 0. The topological polar surface area (TPSA) is 20.3 Å². The van der Waals surface area contributed by atoms with Gasteiger partial charge in [-0.15, -0.1) is 0 Å². The maximum Gasteiger partial charge on any atom is 0.147 e. The highest BCUT2D eigenvalue weighted by molar-refractivity contribution is 6.05. The summed E-state index contributed by atoms with van der Waals surface area (Å²) in [5.74, 6) is 0.969. The van der Waals surface area contributed by atoms with Crippen LogP contribution in [0.2, 0.25) is 0 Å². The first-order valence-electron chi connectivity index (χ1n) is 9.46. The molecule has 0 heterocycles. The van der Waals surface area contributed by atoms with Crippen LogP contribution in [0.15, 0.2) is 60.7 Å². The molecular weight excluding hydrogens is 318 g/mol. The van der Waals surface area contributed by atoms with Gasteiger partial charge in [-0.25, -0.2) is 0 Å². The lowest BCUT2D eigenvalue weighted by molar-refractivity contribution is -0.124. The van der Waals surface area contributed by atoms with Gasteiger partial charge in [0, 0.05) is 31.6 Å². The van der Waals surface area contributed by atoms with Crippen LogP contribution in [-0.4, -0.2) is 19.9 Å². The molecule has 26 heavy (non-hydrogen) atoms. The highest BCUT2D eigenvalue weighted by Gasteiger charge is 2.43. The molecule has 2 nitrogen and oxygen atoms in total. The highest BCUT2D eigenvalue weighted by atomic mass is 16.1. The van der Waals surface area contributed by atoms with Crippen LogP contribution >= 0.6 is 0 Å². The average Bonchev–Trinajstić information content (AvgIpc) is 2.66. The number of fused-ring (bicyclic) bond motifs is 4. The van der Waals surface area contributed by atoms with E-state index in [4.69, 9.17) is 0 Å². The van der Waals surface area contributed by atoms with Crippen LogP contribution in [0.25, 0.3) is 10.8 Å². The van der Waals surface area contributed by atoms with E-state index in [-0.39, 0.29) is 11.8 Å². The second kappa shape index (κ2) is 5.70. The van der Waals surface area contributed by atoms with Gasteiger partial charge in [0.15, 0.2) is 0 Å². The maximum atomic E-state index is 13.1. The Kier molecular flexibility index (Phi) is 3.43. The minimum Gasteiger partial charge on any atom is -0.378 e. The first-order chi connectivity index (χ1) is 12.6. The van der Waals surface area contributed by atoms with Crippen LogP contribution < -0.4 is 4.90 Å². The Morgan fingerprint density at radius 1 is 0.808 bits per heavy atom. The molecule has 2 heteroatoms. The summed E-state index contributed by atoms with van der Waals surface area (Å²) in [6, 6.07) is 21.8. The van der Waals surface area contributed by atoms with Gasteiger partial charge in [-0.2, -0.15) is 0 Å². The van der Waals surface area contributed by atoms with Gasteiger partial charge in [-0.05, 0) is 58.4 Å². The molecule has 2 aliphatic carbocycles. The molecule has 0 spiro atoms. The number of rotatable bonds is 2. The Hall–Kier alpha value is -2.61. The quantitative estimate of drug-likeness (QED) is 0.636. The Bertz CT molecular complexity index is 952. The predicted octanol–water partition coefficient (Wildman–Crippen LogP) is 5.23. The largest absolute Gasteiger partial charge is 0.378 e. The lowest BCUT2D eigenvalue weighted by atomic mass is 9.63. The van der Waals surface area contributed by atoms with Crippen LogP contribution in [0, 0.1) is 0 Å². The van der Waals surface area contributed by atoms with Gasteiger partial charge in [-0.1, -0.05) is 48.5 Å². The molecule has 0 radical (unpaired) electrons.